The molecule has 10 heavy (non-hydrogen) atoms. The third-order valence-electron chi connectivity index (χ3n) is 2.12. The van der Waals surface area contributed by atoms with Gasteiger partial charge in [-0.3, -0.25) is 5.32 Å². The molecule has 2 N–H and O–H groups in total. The molecule has 1 aliphatic heterocycles. The molecule has 0 aromatic heterocycles. The molecule has 0 aliphatic carbocycles. The average molecular weight is 161 g/mol. The molecule has 1 heterocycles. The Morgan fingerprint density at radius 2 is 2.20 bits per heavy atom. The minimum absolute atomic E-state index is 0.146. The van der Waals surface area contributed by atoms with Gasteiger partial charge in [0, 0.05) is 12.3 Å². The molecule has 0 amide bonds. The Morgan fingerprint density at radius 3 is 2.40 bits per heavy atom. The van der Waals surface area contributed by atoms with E-state index >= 15 is 0 Å². The molecule has 1 rings (SSSR count). The van der Waals surface area contributed by atoms with E-state index in [0.717, 1.165) is 12.3 Å². The van der Waals surface area contributed by atoms with Crippen LogP contribution in [0.1, 0.15) is 20.8 Å². The van der Waals surface area contributed by atoms with Gasteiger partial charge in [-0.05, 0) is 20.8 Å². The molecule has 1 fully saturated rings. The minimum Gasteiger partial charge on any atom is -0.388 e. The summed E-state index contributed by atoms with van der Waals surface area (Å²) in [7, 11) is 0. The number of aliphatic hydroxyl groups is 1. The van der Waals surface area contributed by atoms with Gasteiger partial charge in [0.1, 0.15) is 0 Å². The first kappa shape index (κ1) is 8.37. The Labute approximate surface area is 66.4 Å². The Hall–Kier alpha value is 0.270. The minimum atomic E-state index is -0.631. The summed E-state index contributed by atoms with van der Waals surface area (Å²) in [5.74, 6) is 1.10. The monoisotopic (exact) mass is 161 g/mol. The maximum Gasteiger partial charge on any atom is 0.0902 e. The van der Waals surface area contributed by atoms with E-state index in [0.29, 0.717) is 0 Å². The van der Waals surface area contributed by atoms with Gasteiger partial charge in [0.25, 0.3) is 0 Å². The van der Waals surface area contributed by atoms with Gasteiger partial charge in [0.15, 0.2) is 0 Å². The van der Waals surface area contributed by atoms with Crippen molar-refractivity contribution in [1.29, 1.82) is 0 Å². The van der Waals surface area contributed by atoms with Crippen LogP contribution in [0.2, 0.25) is 0 Å². The van der Waals surface area contributed by atoms with E-state index in [-0.39, 0.29) is 4.87 Å². The zero-order valence-corrected chi connectivity index (χ0v) is 7.59. The SMILES string of the molecule is CC(C)(O)C1(C)NCCS1. The standard InChI is InChI=1S/C7H15NOS/c1-6(2,9)7(3)8-4-5-10-7/h8-9H,4-5H2,1-3H3. The van der Waals surface area contributed by atoms with Crippen molar-refractivity contribution in [2.75, 3.05) is 12.3 Å². The van der Waals surface area contributed by atoms with Crippen LogP contribution in [-0.4, -0.2) is 27.9 Å². The molecule has 1 saturated heterocycles. The number of hydrogen-bond acceptors (Lipinski definition) is 3. The summed E-state index contributed by atoms with van der Waals surface area (Å²) < 4.78 is 0. The van der Waals surface area contributed by atoms with Crippen molar-refractivity contribution >= 4 is 11.8 Å². The van der Waals surface area contributed by atoms with Gasteiger partial charge in [0.05, 0.1) is 10.5 Å². The molecular weight excluding hydrogens is 146 g/mol. The van der Waals surface area contributed by atoms with Crippen LogP contribution in [0.15, 0.2) is 0 Å². The lowest BCUT2D eigenvalue weighted by Crippen LogP contribution is -2.52. The van der Waals surface area contributed by atoms with Crippen LogP contribution in [0.4, 0.5) is 0 Å². The van der Waals surface area contributed by atoms with Crippen LogP contribution in [0.25, 0.3) is 0 Å². The van der Waals surface area contributed by atoms with E-state index < -0.39 is 5.60 Å². The molecule has 1 aliphatic rings. The third-order valence-corrected chi connectivity index (χ3v) is 3.75. The molecule has 2 nitrogen and oxygen atoms in total. The normalized spacial score (nSPS) is 34.8. The zero-order chi connectivity index (χ0) is 7.83. The zero-order valence-electron chi connectivity index (χ0n) is 6.77. The van der Waals surface area contributed by atoms with Crippen LogP contribution in [-0.2, 0) is 0 Å². The van der Waals surface area contributed by atoms with Gasteiger partial charge in [0.2, 0.25) is 0 Å². The van der Waals surface area contributed by atoms with Crippen molar-refractivity contribution in [1.82, 2.24) is 5.32 Å². The molecule has 1 unspecified atom stereocenters. The Bertz CT molecular complexity index is 124. The molecule has 3 heteroatoms. The molecule has 60 valence electrons. The quantitative estimate of drug-likeness (QED) is 0.597. The van der Waals surface area contributed by atoms with Crippen LogP contribution < -0.4 is 5.32 Å². The van der Waals surface area contributed by atoms with E-state index in [9.17, 15) is 5.11 Å². The lowest BCUT2D eigenvalue weighted by molar-refractivity contribution is 0.0331. The molecule has 0 aromatic carbocycles. The fraction of sp³-hybridized carbons (Fsp3) is 1.00. The number of thioether (sulfide) groups is 1. The smallest absolute Gasteiger partial charge is 0.0902 e. The summed E-state index contributed by atoms with van der Waals surface area (Å²) in [6.45, 7) is 6.74. The van der Waals surface area contributed by atoms with Gasteiger partial charge >= 0.3 is 0 Å². The predicted octanol–water partition coefficient (Wildman–Crippen LogP) is 0.810. The van der Waals surface area contributed by atoms with Gasteiger partial charge in [-0.1, -0.05) is 0 Å². The van der Waals surface area contributed by atoms with Gasteiger partial charge in [-0.2, -0.15) is 0 Å². The van der Waals surface area contributed by atoms with Crippen LogP contribution >= 0.6 is 11.8 Å². The highest BCUT2D eigenvalue weighted by Gasteiger charge is 2.42. The highest BCUT2D eigenvalue weighted by atomic mass is 32.2. The summed E-state index contributed by atoms with van der Waals surface area (Å²) in [5, 5.41) is 13.0. The molecular formula is C7H15NOS. The largest absolute Gasteiger partial charge is 0.388 e. The van der Waals surface area contributed by atoms with Crippen LogP contribution in [0, 0.1) is 0 Å². The average Bonchev–Trinajstić information content (AvgIpc) is 2.13. The summed E-state index contributed by atoms with van der Waals surface area (Å²) in [6.07, 6.45) is 0. The Kier molecular flexibility index (Phi) is 2.00. The molecule has 0 aromatic rings. The predicted molar refractivity (Wildman–Crippen MR) is 45.2 cm³/mol. The Balaban J connectivity index is 2.67. The van der Waals surface area contributed by atoms with Crippen molar-refractivity contribution in [3.05, 3.63) is 0 Å². The fourth-order valence-electron chi connectivity index (χ4n) is 0.989. The van der Waals surface area contributed by atoms with E-state index in [1.54, 1.807) is 11.8 Å². The second-order valence-corrected chi connectivity index (χ2v) is 4.88. The molecule has 0 spiro atoms. The molecule has 0 saturated carbocycles. The fourth-order valence-corrected chi connectivity index (χ4v) is 2.16. The first-order chi connectivity index (χ1) is 4.46. The molecule has 0 radical (unpaired) electrons. The van der Waals surface area contributed by atoms with Crippen molar-refractivity contribution in [3.63, 3.8) is 0 Å². The highest BCUT2D eigenvalue weighted by molar-refractivity contribution is 8.00. The summed E-state index contributed by atoms with van der Waals surface area (Å²) in [4.78, 5) is -0.146. The van der Waals surface area contributed by atoms with Crippen molar-refractivity contribution in [2.45, 2.75) is 31.2 Å². The van der Waals surface area contributed by atoms with E-state index in [4.69, 9.17) is 0 Å². The summed E-state index contributed by atoms with van der Waals surface area (Å²) >= 11 is 1.79. The van der Waals surface area contributed by atoms with Crippen molar-refractivity contribution in [2.24, 2.45) is 0 Å². The number of hydrogen-bond donors (Lipinski definition) is 2. The second kappa shape index (κ2) is 2.40. The van der Waals surface area contributed by atoms with Crippen LogP contribution in [0.5, 0.6) is 0 Å². The summed E-state index contributed by atoms with van der Waals surface area (Å²) in [6, 6.07) is 0. The highest BCUT2D eigenvalue weighted by Crippen LogP contribution is 2.36. The summed E-state index contributed by atoms with van der Waals surface area (Å²) in [5.41, 5.74) is -0.631. The van der Waals surface area contributed by atoms with E-state index in [1.807, 2.05) is 20.8 Å². The Morgan fingerprint density at radius 1 is 1.60 bits per heavy atom. The van der Waals surface area contributed by atoms with Crippen molar-refractivity contribution < 1.29 is 5.11 Å². The lowest BCUT2D eigenvalue weighted by atomic mass is 10.0. The van der Waals surface area contributed by atoms with Gasteiger partial charge in [-0.15, -0.1) is 11.8 Å². The maximum atomic E-state index is 9.69. The van der Waals surface area contributed by atoms with Crippen LogP contribution in [0.3, 0.4) is 0 Å². The topological polar surface area (TPSA) is 32.3 Å². The lowest BCUT2D eigenvalue weighted by Gasteiger charge is -2.36. The maximum absolute atomic E-state index is 9.69. The molecule has 1 atom stereocenters. The number of nitrogens with one attached hydrogen (secondary N) is 1. The van der Waals surface area contributed by atoms with Crippen molar-refractivity contribution in [3.8, 4) is 0 Å². The first-order valence-corrected chi connectivity index (χ1v) is 4.56. The van der Waals surface area contributed by atoms with Gasteiger partial charge in [-0.25, -0.2) is 0 Å². The third kappa shape index (κ3) is 1.31. The van der Waals surface area contributed by atoms with E-state index in [2.05, 4.69) is 5.32 Å². The number of rotatable bonds is 1. The van der Waals surface area contributed by atoms with E-state index in [1.165, 1.54) is 0 Å². The second-order valence-electron chi connectivity index (χ2n) is 3.37. The van der Waals surface area contributed by atoms with Gasteiger partial charge < -0.3 is 5.11 Å². The molecule has 0 bridgehead atoms. The first-order valence-electron chi connectivity index (χ1n) is 3.57.